The Morgan fingerprint density at radius 3 is 0.900 bits per heavy atom. The Labute approximate surface area is 133 Å². The Morgan fingerprint density at radius 2 is 0.650 bits per heavy atom. The van der Waals surface area contributed by atoms with Gasteiger partial charge in [0.25, 0.3) is 0 Å². The topological polar surface area (TPSA) is 0 Å². The molecule has 0 atom stereocenters. The molecule has 0 nitrogen and oxygen atoms in total. The van der Waals surface area contributed by atoms with Crippen LogP contribution in [-0.2, 0) is 0 Å². The molecule has 3 rings (SSSR count). The van der Waals surface area contributed by atoms with Crippen LogP contribution >= 0.6 is 12.4 Å². The number of hydrogen-bond donors (Lipinski definition) is 0. The molecule has 0 saturated heterocycles. The fourth-order valence-electron chi connectivity index (χ4n) is 2.18. The summed E-state index contributed by atoms with van der Waals surface area (Å²) in [4.78, 5) is 0. The van der Waals surface area contributed by atoms with Gasteiger partial charge in [0.2, 0.25) is 0 Å². The van der Waals surface area contributed by atoms with E-state index < -0.39 is 20.2 Å². The van der Waals surface area contributed by atoms with Crippen molar-refractivity contribution in [1.29, 1.82) is 0 Å². The molecule has 0 aliphatic carbocycles. The third kappa shape index (κ3) is 3.45. The summed E-state index contributed by atoms with van der Waals surface area (Å²) in [6, 6.07) is 32.9. The molecule has 3 aromatic rings. The molecule has 0 radical (unpaired) electrons. The molecular weight excluding hydrogens is 373 g/mol. The van der Waals surface area contributed by atoms with Crippen LogP contribution in [0.2, 0.25) is 0 Å². The van der Waals surface area contributed by atoms with Crippen molar-refractivity contribution in [2.24, 2.45) is 0 Å². The minimum absolute atomic E-state index is 0. The molecular formula is C18H16ClSb. The summed E-state index contributed by atoms with van der Waals surface area (Å²) in [6.07, 6.45) is 0. The van der Waals surface area contributed by atoms with Crippen molar-refractivity contribution in [3.05, 3.63) is 91.0 Å². The average Bonchev–Trinajstić information content (AvgIpc) is 2.51. The van der Waals surface area contributed by atoms with Crippen molar-refractivity contribution in [2.75, 3.05) is 0 Å². The Morgan fingerprint density at radius 1 is 0.400 bits per heavy atom. The first kappa shape index (κ1) is 15.2. The standard InChI is InChI=1S/3C6H5.ClH.Sb/c3*1-2-4-6-5-3-1;;/h3*1-5H;1H;. The maximum atomic E-state index is 2.28. The fraction of sp³-hybridized carbons (Fsp3) is 0. The first-order chi connectivity index (χ1) is 9.45. The van der Waals surface area contributed by atoms with Crippen LogP contribution in [0.25, 0.3) is 0 Å². The molecule has 0 aliphatic rings. The van der Waals surface area contributed by atoms with E-state index in [4.69, 9.17) is 0 Å². The van der Waals surface area contributed by atoms with Crippen LogP contribution in [0.5, 0.6) is 0 Å². The molecule has 0 aliphatic heterocycles. The Kier molecular flexibility index (Phi) is 5.70. The molecule has 0 amide bonds. The molecule has 0 saturated carbocycles. The Balaban J connectivity index is 0.00000147. The molecule has 0 unspecified atom stereocenters. The fourth-order valence-corrected chi connectivity index (χ4v) is 8.76. The quantitative estimate of drug-likeness (QED) is 0.604. The molecule has 0 N–H and O–H groups in total. The van der Waals surface area contributed by atoms with Crippen molar-refractivity contribution in [3.63, 3.8) is 0 Å². The van der Waals surface area contributed by atoms with E-state index in [-0.39, 0.29) is 12.4 Å². The van der Waals surface area contributed by atoms with Gasteiger partial charge in [0.1, 0.15) is 0 Å². The van der Waals surface area contributed by atoms with E-state index in [0.717, 1.165) is 0 Å². The molecule has 0 aromatic heterocycles. The van der Waals surface area contributed by atoms with E-state index in [2.05, 4.69) is 91.0 Å². The molecule has 0 fully saturated rings. The van der Waals surface area contributed by atoms with Gasteiger partial charge >= 0.3 is 122 Å². The molecule has 2 heteroatoms. The summed E-state index contributed by atoms with van der Waals surface area (Å²) in [5.74, 6) is 0. The van der Waals surface area contributed by atoms with Crippen LogP contribution < -0.4 is 10.5 Å². The Hall–Kier alpha value is -1.23. The Bertz CT molecular complexity index is 529. The summed E-state index contributed by atoms with van der Waals surface area (Å²) in [5.41, 5.74) is 0. The van der Waals surface area contributed by atoms with Crippen molar-refractivity contribution >= 4 is 43.1 Å². The van der Waals surface area contributed by atoms with Gasteiger partial charge in [-0.05, 0) is 0 Å². The second-order valence-electron chi connectivity index (χ2n) is 4.34. The summed E-state index contributed by atoms with van der Waals surface area (Å²) < 4.78 is 4.55. The second kappa shape index (κ2) is 7.52. The van der Waals surface area contributed by atoms with Gasteiger partial charge in [-0.2, -0.15) is 0 Å². The van der Waals surface area contributed by atoms with Gasteiger partial charge in [0.15, 0.2) is 0 Å². The second-order valence-corrected chi connectivity index (χ2v) is 10.7. The van der Waals surface area contributed by atoms with E-state index >= 15 is 0 Å². The van der Waals surface area contributed by atoms with Gasteiger partial charge in [0, 0.05) is 0 Å². The number of benzene rings is 3. The van der Waals surface area contributed by atoms with Crippen molar-refractivity contribution in [1.82, 2.24) is 0 Å². The summed E-state index contributed by atoms with van der Waals surface area (Å²) in [7, 11) is 0. The number of halogens is 1. The van der Waals surface area contributed by atoms with E-state index in [1.165, 1.54) is 10.5 Å². The first-order valence-electron chi connectivity index (χ1n) is 6.40. The molecule has 3 aromatic carbocycles. The molecule has 20 heavy (non-hydrogen) atoms. The van der Waals surface area contributed by atoms with Gasteiger partial charge in [-0.1, -0.05) is 0 Å². The van der Waals surface area contributed by atoms with Gasteiger partial charge < -0.3 is 0 Å². The van der Waals surface area contributed by atoms with Crippen LogP contribution in [0.3, 0.4) is 0 Å². The monoisotopic (exact) mass is 388 g/mol. The summed E-state index contributed by atoms with van der Waals surface area (Å²) in [6.45, 7) is 0. The van der Waals surface area contributed by atoms with Crippen LogP contribution in [0.1, 0.15) is 0 Å². The predicted octanol–water partition coefficient (Wildman–Crippen LogP) is 2.62. The van der Waals surface area contributed by atoms with Gasteiger partial charge in [-0.3, -0.25) is 0 Å². The normalized spacial score (nSPS) is 10.1. The van der Waals surface area contributed by atoms with E-state index in [9.17, 15) is 0 Å². The third-order valence-corrected chi connectivity index (χ3v) is 10.0. The zero-order chi connectivity index (χ0) is 12.9. The average molecular weight is 390 g/mol. The molecule has 0 bridgehead atoms. The van der Waals surface area contributed by atoms with Crippen molar-refractivity contribution in [2.45, 2.75) is 0 Å². The van der Waals surface area contributed by atoms with Crippen LogP contribution in [0, 0.1) is 0 Å². The number of hydrogen-bond acceptors (Lipinski definition) is 0. The predicted molar refractivity (Wildman–Crippen MR) is 91.2 cm³/mol. The van der Waals surface area contributed by atoms with Crippen molar-refractivity contribution in [3.8, 4) is 0 Å². The molecule has 0 heterocycles. The zero-order valence-corrected chi connectivity index (χ0v) is 14.4. The minimum atomic E-state index is -1.83. The van der Waals surface area contributed by atoms with Gasteiger partial charge in [0.05, 0.1) is 0 Å². The molecule has 100 valence electrons. The van der Waals surface area contributed by atoms with Crippen LogP contribution in [0.4, 0.5) is 0 Å². The summed E-state index contributed by atoms with van der Waals surface area (Å²) in [5, 5.41) is 0. The van der Waals surface area contributed by atoms with Crippen LogP contribution in [0.15, 0.2) is 91.0 Å². The van der Waals surface area contributed by atoms with Gasteiger partial charge in [-0.15, -0.1) is 12.4 Å². The van der Waals surface area contributed by atoms with E-state index in [1.807, 2.05) is 0 Å². The summed E-state index contributed by atoms with van der Waals surface area (Å²) >= 11 is -1.83. The first-order valence-corrected chi connectivity index (χ1v) is 10.2. The SMILES string of the molecule is Cl.c1cc[c]([Sb]([c]2ccccc2)[c]2ccccc2)cc1. The van der Waals surface area contributed by atoms with E-state index in [1.54, 1.807) is 0 Å². The molecule has 0 spiro atoms. The van der Waals surface area contributed by atoms with Crippen molar-refractivity contribution < 1.29 is 0 Å². The van der Waals surface area contributed by atoms with E-state index in [0.29, 0.717) is 0 Å². The van der Waals surface area contributed by atoms with Crippen LogP contribution in [-0.4, -0.2) is 20.2 Å². The zero-order valence-electron chi connectivity index (χ0n) is 11.0. The van der Waals surface area contributed by atoms with Gasteiger partial charge in [-0.25, -0.2) is 0 Å². The number of rotatable bonds is 3. The maximum absolute atomic E-state index is 2.28. The third-order valence-electron chi connectivity index (χ3n) is 3.04.